The molecule has 0 bridgehead atoms. The first-order chi connectivity index (χ1) is 14.5. The maximum absolute atomic E-state index is 12.9. The van der Waals surface area contributed by atoms with Crippen molar-refractivity contribution in [2.45, 2.75) is 32.8 Å². The van der Waals surface area contributed by atoms with Gasteiger partial charge in [-0.2, -0.15) is 0 Å². The Morgan fingerprint density at radius 3 is 2.47 bits per heavy atom. The number of anilines is 1. The fraction of sp³-hybridized carbons (Fsp3) is 0.391. The Bertz CT molecular complexity index is 900. The molecule has 1 aliphatic heterocycles. The zero-order valence-electron chi connectivity index (χ0n) is 18.0. The van der Waals surface area contributed by atoms with Gasteiger partial charge in [-0.15, -0.1) is 0 Å². The van der Waals surface area contributed by atoms with Crippen LogP contribution in [0.5, 0.6) is 11.5 Å². The molecule has 1 aliphatic rings. The molecule has 1 heterocycles. The van der Waals surface area contributed by atoms with E-state index in [9.17, 15) is 4.79 Å². The number of ether oxygens (including phenoxy) is 3. The summed E-state index contributed by atoms with van der Waals surface area (Å²) in [6.45, 7) is 5.31. The summed E-state index contributed by atoms with van der Waals surface area (Å²) in [5.74, 6) is 1.15. The SMILES string of the molecule is COc1ccc(C(=O)NC(=NC[C@@H]2CCCO2)Nc2cc(C)cc(C)c2)cc1OC. The first-order valence-corrected chi connectivity index (χ1v) is 10.0. The molecule has 1 atom stereocenters. The molecule has 0 aliphatic carbocycles. The summed E-state index contributed by atoms with van der Waals surface area (Å²) in [6.07, 6.45) is 2.10. The number of benzene rings is 2. The number of aryl methyl sites for hydroxylation is 2. The zero-order chi connectivity index (χ0) is 21.5. The highest BCUT2D eigenvalue weighted by atomic mass is 16.5. The number of aliphatic imine (C=N–C) groups is 1. The molecule has 0 unspecified atom stereocenters. The third kappa shape index (κ3) is 5.73. The largest absolute Gasteiger partial charge is 0.493 e. The van der Waals surface area contributed by atoms with Crippen molar-refractivity contribution in [3.63, 3.8) is 0 Å². The Balaban J connectivity index is 1.80. The molecule has 30 heavy (non-hydrogen) atoms. The monoisotopic (exact) mass is 411 g/mol. The molecule has 0 spiro atoms. The highest BCUT2D eigenvalue weighted by molar-refractivity contribution is 6.10. The van der Waals surface area contributed by atoms with Crippen LogP contribution in [0.1, 0.15) is 34.3 Å². The van der Waals surface area contributed by atoms with Crippen molar-refractivity contribution in [2.24, 2.45) is 4.99 Å². The topological polar surface area (TPSA) is 81.2 Å². The van der Waals surface area contributed by atoms with Gasteiger partial charge in [-0.25, -0.2) is 4.99 Å². The second-order valence-electron chi connectivity index (χ2n) is 7.35. The molecule has 7 heteroatoms. The van der Waals surface area contributed by atoms with E-state index in [4.69, 9.17) is 14.2 Å². The normalized spacial score (nSPS) is 16.3. The van der Waals surface area contributed by atoms with Crippen LogP contribution < -0.4 is 20.1 Å². The van der Waals surface area contributed by atoms with Gasteiger partial charge in [0.05, 0.1) is 26.9 Å². The van der Waals surface area contributed by atoms with Crippen LogP contribution in [-0.4, -0.2) is 45.3 Å². The fourth-order valence-corrected chi connectivity index (χ4v) is 3.43. The minimum atomic E-state index is -0.293. The van der Waals surface area contributed by atoms with Crippen molar-refractivity contribution < 1.29 is 19.0 Å². The van der Waals surface area contributed by atoms with Crippen LogP contribution in [0.15, 0.2) is 41.4 Å². The van der Waals surface area contributed by atoms with E-state index in [1.54, 1.807) is 25.3 Å². The minimum absolute atomic E-state index is 0.0824. The van der Waals surface area contributed by atoms with E-state index in [1.165, 1.54) is 7.11 Å². The third-order valence-corrected chi connectivity index (χ3v) is 4.84. The second kappa shape index (κ2) is 10.1. The Kier molecular flexibility index (Phi) is 7.30. The van der Waals surface area contributed by atoms with Gasteiger partial charge in [0.2, 0.25) is 5.96 Å². The van der Waals surface area contributed by atoms with Crippen LogP contribution in [0, 0.1) is 13.8 Å². The Morgan fingerprint density at radius 1 is 1.10 bits per heavy atom. The van der Waals surface area contributed by atoms with Crippen molar-refractivity contribution in [2.75, 3.05) is 32.7 Å². The van der Waals surface area contributed by atoms with Gasteiger partial charge in [0.15, 0.2) is 11.5 Å². The van der Waals surface area contributed by atoms with Crippen LogP contribution in [0.3, 0.4) is 0 Å². The van der Waals surface area contributed by atoms with Gasteiger partial charge in [-0.1, -0.05) is 6.07 Å². The van der Waals surface area contributed by atoms with Crippen molar-refractivity contribution in [1.29, 1.82) is 0 Å². The summed E-state index contributed by atoms with van der Waals surface area (Å²) < 4.78 is 16.2. The highest BCUT2D eigenvalue weighted by Gasteiger charge is 2.17. The molecule has 2 N–H and O–H groups in total. The average molecular weight is 412 g/mol. The molecule has 1 saturated heterocycles. The number of nitrogens with zero attached hydrogens (tertiary/aromatic N) is 1. The molecule has 0 aromatic heterocycles. The van der Waals surface area contributed by atoms with E-state index < -0.39 is 0 Å². The maximum atomic E-state index is 12.9. The van der Waals surface area contributed by atoms with Gasteiger partial charge in [0.25, 0.3) is 5.91 Å². The van der Waals surface area contributed by atoms with Crippen molar-refractivity contribution in [3.05, 3.63) is 53.1 Å². The van der Waals surface area contributed by atoms with E-state index >= 15 is 0 Å². The van der Waals surface area contributed by atoms with E-state index in [0.29, 0.717) is 29.6 Å². The van der Waals surface area contributed by atoms with Crippen molar-refractivity contribution in [3.8, 4) is 11.5 Å². The predicted molar refractivity (Wildman–Crippen MR) is 118 cm³/mol. The molecular formula is C23H29N3O4. The summed E-state index contributed by atoms with van der Waals surface area (Å²) in [5, 5.41) is 6.12. The number of methoxy groups -OCH3 is 2. The summed E-state index contributed by atoms with van der Waals surface area (Å²) in [6, 6.07) is 11.1. The predicted octanol–water partition coefficient (Wildman–Crippen LogP) is 3.70. The lowest BCUT2D eigenvalue weighted by atomic mass is 10.1. The average Bonchev–Trinajstić information content (AvgIpc) is 3.24. The van der Waals surface area contributed by atoms with Crippen LogP contribution in [0.25, 0.3) is 0 Å². The molecule has 1 amide bonds. The summed E-state index contributed by atoms with van der Waals surface area (Å²) in [5.41, 5.74) is 3.57. The number of guanidine groups is 1. The number of carbonyl (C=O) groups is 1. The number of rotatable bonds is 6. The van der Waals surface area contributed by atoms with E-state index in [-0.39, 0.29) is 12.0 Å². The third-order valence-electron chi connectivity index (χ3n) is 4.84. The van der Waals surface area contributed by atoms with Crippen LogP contribution in [-0.2, 0) is 4.74 Å². The first-order valence-electron chi connectivity index (χ1n) is 10.0. The Morgan fingerprint density at radius 2 is 1.83 bits per heavy atom. The van der Waals surface area contributed by atoms with E-state index in [0.717, 1.165) is 36.3 Å². The maximum Gasteiger partial charge on any atom is 0.258 e. The minimum Gasteiger partial charge on any atom is -0.493 e. The highest BCUT2D eigenvalue weighted by Crippen LogP contribution is 2.27. The molecule has 3 rings (SSSR count). The molecular weight excluding hydrogens is 382 g/mol. The van der Waals surface area contributed by atoms with Gasteiger partial charge < -0.3 is 19.5 Å². The zero-order valence-corrected chi connectivity index (χ0v) is 18.0. The second-order valence-corrected chi connectivity index (χ2v) is 7.35. The van der Waals surface area contributed by atoms with Crippen molar-refractivity contribution >= 4 is 17.6 Å². The molecule has 1 fully saturated rings. The smallest absolute Gasteiger partial charge is 0.258 e. The summed E-state index contributed by atoms with van der Waals surface area (Å²) in [4.78, 5) is 17.5. The lowest BCUT2D eigenvalue weighted by Gasteiger charge is -2.15. The number of nitrogens with one attached hydrogen (secondary N) is 2. The molecule has 2 aromatic rings. The van der Waals surface area contributed by atoms with Gasteiger partial charge >= 0.3 is 0 Å². The van der Waals surface area contributed by atoms with Crippen LogP contribution >= 0.6 is 0 Å². The van der Waals surface area contributed by atoms with Crippen molar-refractivity contribution in [1.82, 2.24) is 5.32 Å². The Hall–Kier alpha value is -3.06. The van der Waals surface area contributed by atoms with Gasteiger partial charge in [-0.3, -0.25) is 10.1 Å². The van der Waals surface area contributed by atoms with Crippen LogP contribution in [0.2, 0.25) is 0 Å². The lowest BCUT2D eigenvalue weighted by Crippen LogP contribution is -2.36. The summed E-state index contributed by atoms with van der Waals surface area (Å²) >= 11 is 0. The first kappa shape index (κ1) is 21.6. The number of hydrogen-bond acceptors (Lipinski definition) is 5. The number of amides is 1. The lowest BCUT2D eigenvalue weighted by molar-refractivity contribution is 0.0975. The molecule has 7 nitrogen and oxygen atoms in total. The van der Waals surface area contributed by atoms with E-state index in [1.807, 2.05) is 26.0 Å². The Labute approximate surface area is 177 Å². The van der Waals surface area contributed by atoms with Gasteiger partial charge in [0.1, 0.15) is 0 Å². The molecule has 2 aromatic carbocycles. The number of carbonyl (C=O) groups excluding carboxylic acids is 1. The quantitative estimate of drug-likeness (QED) is 0.560. The van der Waals surface area contributed by atoms with Crippen LogP contribution in [0.4, 0.5) is 5.69 Å². The van der Waals surface area contributed by atoms with E-state index in [2.05, 4.69) is 21.7 Å². The molecule has 0 saturated carbocycles. The number of hydrogen-bond donors (Lipinski definition) is 2. The molecule has 160 valence electrons. The molecule has 0 radical (unpaired) electrons. The van der Waals surface area contributed by atoms with Gasteiger partial charge in [0, 0.05) is 17.9 Å². The fourth-order valence-electron chi connectivity index (χ4n) is 3.43. The standard InChI is InChI=1S/C23H29N3O4/c1-15-10-16(2)12-18(11-15)25-23(24-14-19-6-5-9-30-19)26-22(27)17-7-8-20(28-3)21(13-17)29-4/h7-8,10-13,19H,5-6,9,14H2,1-4H3,(H2,24,25,26,27)/t19-/m0/s1. The van der Waals surface area contributed by atoms with Gasteiger partial charge in [-0.05, 0) is 68.1 Å². The summed E-state index contributed by atoms with van der Waals surface area (Å²) in [7, 11) is 3.09.